The zero-order valence-corrected chi connectivity index (χ0v) is 14.9. The van der Waals surface area contributed by atoms with Gasteiger partial charge in [-0.15, -0.1) is 0 Å². The predicted octanol–water partition coefficient (Wildman–Crippen LogP) is 5.61. The average molecular weight is 380 g/mol. The van der Waals surface area contributed by atoms with Crippen molar-refractivity contribution in [2.45, 2.75) is 43.5 Å². The fourth-order valence-corrected chi connectivity index (χ4v) is 3.54. The predicted molar refractivity (Wildman–Crippen MR) is 96.6 cm³/mol. The number of carbonyl (C=O) groups excluding carboxylic acids is 1. The van der Waals surface area contributed by atoms with Gasteiger partial charge in [0, 0.05) is 16.9 Å². The van der Waals surface area contributed by atoms with E-state index in [1.807, 2.05) is 12.1 Å². The van der Waals surface area contributed by atoms with E-state index in [0.717, 1.165) is 43.4 Å². The van der Waals surface area contributed by atoms with E-state index in [9.17, 15) is 18.0 Å². The van der Waals surface area contributed by atoms with E-state index < -0.39 is 29.8 Å². The lowest BCUT2D eigenvalue weighted by Crippen LogP contribution is -2.13. The first kappa shape index (κ1) is 18.8. The molecule has 0 bridgehead atoms. The Morgan fingerprint density at radius 1 is 1.08 bits per heavy atom. The molecule has 138 valence electrons. The van der Waals surface area contributed by atoms with Crippen molar-refractivity contribution >= 4 is 18.6 Å². The first-order valence-electron chi connectivity index (χ1n) is 8.52. The Bertz CT molecular complexity index is 784. The second-order valence-corrected chi connectivity index (χ2v) is 7.26. The molecule has 3 rings (SSSR count). The molecule has 0 aromatic heterocycles. The molecular formula is C20H19F3O2S. The standard InChI is InChI=1S/C20H19F3O2S/c21-11-15-9-16(10-18(22)19(15)23)25-20(24)14-3-1-12(2-4-14)13-5-7-17(26)8-6-13/h1-4,9-10,13,17,26H,5-8,11H2. The lowest BCUT2D eigenvalue weighted by Gasteiger charge is -2.26. The number of benzene rings is 2. The van der Waals surface area contributed by atoms with Crippen molar-refractivity contribution in [2.75, 3.05) is 0 Å². The Morgan fingerprint density at radius 3 is 2.35 bits per heavy atom. The van der Waals surface area contributed by atoms with Crippen LogP contribution < -0.4 is 4.74 Å². The fourth-order valence-electron chi connectivity index (χ4n) is 3.24. The number of hydrogen-bond acceptors (Lipinski definition) is 3. The second kappa shape index (κ2) is 8.16. The van der Waals surface area contributed by atoms with E-state index in [1.54, 1.807) is 12.1 Å². The number of thiol groups is 1. The summed E-state index contributed by atoms with van der Waals surface area (Å²) in [7, 11) is 0. The first-order valence-corrected chi connectivity index (χ1v) is 9.03. The van der Waals surface area contributed by atoms with Crippen molar-refractivity contribution in [2.24, 2.45) is 0 Å². The maximum absolute atomic E-state index is 13.4. The summed E-state index contributed by atoms with van der Waals surface area (Å²) in [5.41, 5.74) is 0.973. The Hall–Kier alpha value is -1.95. The van der Waals surface area contributed by atoms with Gasteiger partial charge < -0.3 is 4.74 Å². The van der Waals surface area contributed by atoms with Gasteiger partial charge in [0.2, 0.25) is 0 Å². The van der Waals surface area contributed by atoms with Gasteiger partial charge in [-0.1, -0.05) is 12.1 Å². The highest BCUT2D eigenvalue weighted by Crippen LogP contribution is 2.34. The Morgan fingerprint density at radius 2 is 1.73 bits per heavy atom. The van der Waals surface area contributed by atoms with Crippen LogP contribution in [0, 0.1) is 11.6 Å². The highest BCUT2D eigenvalue weighted by Gasteiger charge is 2.21. The Balaban J connectivity index is 1.70. The van der Waals surface area contributed by atoms with Crippen molar-refractivity contribution in [1.29, 1.82) is 0 Å². The van der Waals surface area contributed by atoms with Crippen molar-refractivity contribution in [3.05, 3.63) is 64.7 Å². The van der Waals surface area contributed by atoms with Gasteiger partial charge in [0.05, 0.1) is 5.56 Å². The lowest BCUT2D eigenvalue weighted by atomic mass is 9.83. The molecule has 2 nitrogen and oxygen atoms in total. The van der Waals surface area contributed by atoms with Gasteiger partial charge in [-0.3, -0.25) is 0 Å². The molecule has 0 heterocycles. The fraction of sp³-hybridized carbons (Fsp3) is 0.350. The van der Waals surface area contributed by atoms with E-state index in [2.05, 4.69) is 12.6 Å². The molecule has 0 aliphatic heterocycles. The monoisotopic (exact) mass is 380 g/mol. The summed E-state index contributed by atoms with van der Waals surface area (Å²) in [6.45, 7) is -1.18. The zero-order chi connectivity index (χ0) is 18.7. The molecule has 1 saturated carbocycles. The van der Waals surface area contributed by atoms with E-state index in [1.165, 1.54) is 0 Å². The van der Waals surface area contributed by atoms with Gasteiger partial charge >= 0.3 is 5.97 Å². The molecule has 1 aliphatic rings. The average Bonchev–Trinajstić information content (AvgIpc) is 2.65. The summed E-state index contributed by atoms with van der Waals surface area (Å²) in [4.78, 5) is 12.2. The van der Waals surface area contributed by atoms with Crippen LogP contribution in [0.1, 0.15) is 53.1 Å². The van der Waals surface area contributed by atoms with Crippen LogP contribution in [-0.4, -0.2) is 11.2 Å². The lowest BCUT2D eigenvalue weighted by molar-refractivity contribution is 0.0733. The molecule has 0 saturated heterocycles. The summed E-state index contributed by atoms with van der Waals surface area (Å²) in [5.74, 6) is -2.99. The molecule has 0 unspecified atom stereocenters. The maximum atomic E-state index is 13.4. The summed E-state index contributed by atoms with van der Waals surface area (Å²) < 4.78 is 44.5. The van der Waals surface area contributed by atoms with Gasteiger partial charge in [-0.05, 0) is 55.4 Å². The number of carbonyl (C=O) groups is 1. The topological polar surface area (TPSA) is 26.3 Å². The molecule has 0 N–H and O–H groups in total. The number of esters is 1. The minimum Gasteiger partial charge on any atom is -0.423 e. The molecule has 6 heteroatoms. The van der Waals surface area contributed by atoms with Crippen LogP contribution in [0.15, 0.2) is 36.4 Å². The van der Waals surface area contributed by atoms with Crippen LogP contribution in [-0.2, 0) is 6.67 Å². The van der Waals surface area contributed by atoms with Gasteiger partial charge in [0.1, 0.15) is 12.4 Å². The van der Waals surface area contributed by atoms with Gasteiger partial charge in [-0.25, -0.2) is 18.0 Å². The summed E-state index contributed by atoms with van der Waals surface area (Å²) >= 11 is 4.50. The molecule has 2 aromatic rings. The van der Waals surface area contributed by atoms with Crippen molar-refractivity contribution in [3.8, 4) is 5.75 Å². The molecule has 0 atom stereocenters. The minimum absolute atomic E-state index is 0.224. The number of alkyl halides is 1. The van der Waals surface area contributed by atoms with E-state index >= 15 is 0 Å². The third-order valence-electron chi connectivity index (χ3n) is 4.75. The molecule has 0 amide bonds. The Labute approximate surface area is 155 Å². The number of hydrogen-bond donors (Lipinski definition) is 1. The normalized spacial score (nSPS) is 20.0. The van der Waals surface area contributed by atoms with Crippen LogP contribution >= 0.6 is 12.6 Å². The van der Waals surface area contributed by atoms with Gasteiger partial charge in [0.25, 0.3) is 0 Å². The van der Waals surface area contributed by atoms with E-state index in [4.69, 9.17) is 4.74 Å². The van der Waals surface area contributed by atoms with Gasteiger partial charge in [-0.2, -0.15) is 12.6 Å². The number of rotatable bonds is 4. The summed E-state index contributed by atoms with van der Waals surface area (Å²) in [5, 5.41) is 0.464. The summed E-state index contributed by atoms with van der Waals surface area (Å²) in [6.07, 6.45) is 4.28. The SMILES string of the molecule is O=C(Oc1cc(F)c(F)c(CF)c1)c1ccc(C2CCC(S)CC2)cc1. The first-order chi connectivity index (χ1) is 12.5. The van der Waals surface area contributed by atoms with E-state index in [0.29, 0.717) is 16.7 Å². The van der Waals surface area contributed by atoms with Crippen LogP contribution in [0.2, 0.25) is 0 Å². The van der Waals surface area contributed by atoms with E-state index in [-0.39, 0.29) is 5.75 Å². The smallest absolute Gasteiger partial charge is 0.343 e. The third kappa shape index (κ3) is 4.23. The van der Waals surface area contributed by atoms with Crippen molar-refractivity contribution in [3.63, 3.8) is 0 Å². The van der Waals surface area contributed by atoms with Crippen LogP contribution in [0.3, 0.4) is 0 Å². The van der Waals surface area contributed by atoms with Gasteiger partial charge in [0.15, 0.2) is 11.6 Å². The molecular weight excluding hydrogens is 361 g/mol. The highest BCUT2D eigenvalue weighted by molar-refractivity contribution is 7.80. The summed E-state index contributed by atoms with van der Waals surface area (Å²) in [6, 6.07) is 8.80. The molecule has 1 fully saturated rings. The van der Waals surface area contributed by atoms with Crippen LogP contribution in [0.5, 0.6) is 5.75 Å². The van der Waals surface area contributed by atoms with Crippen LogP contribution in [0.4, 0.5) is 13.2 Å². The Kier molecular flexibility index (Phi) is 5.91. The quantitative estimate of drug-likeness (QED) is 0.424. The molecule has 26 heavy (non-hydrogen) atoms. The van der Waals surface area contributed by atoms with Crippen molar-refractivity contribution < 1.29 is 22.7 Å². The zero-order valence-electron chi connectivity index (χ0n) is 14.1. The number of ether oxygens (including phenoxy) is 1. The van der Waals surface area contributed by atoms with Crippen LogP contribution in [0.25, 0.3) is 0 Å². The molecule has 0 radical (unpaired) electrons. The number of halogens is 3. The molecule has 1 aliphatic carbocycles. The largest absolute Gasteiger partial charge is 0.423 e. The van der Waals surface area contributed by atoms with Crippen molar-refractivity contribution in [1.82, 2.24) is 0 Å². The molecule has 2 aromatic carbocycles. The second-order valence-electron chi connectivity index (χ2n) is 6.53. The maximum Gasteiger partial charge on any atom is 0.343 e. The highest BCUT2D eigenvalue weighted by atomic mass is 32.1. The molecule has 0 spiro atoms. The minimum atomic E-state index is -1.27. The third-order valence-corrected chi connectivity index (χ3v) is 5.26.